The summed E-state index contributed by atoms with van der Waals surface area (Å²) >= 11 is 0. The van der Waals surface area contributed by atoms with Crippen LogP contribution in [-0.2, 0) is 25.5 Å². The summed E-state index contributed by atoms with van der Waals surface area (Å²) in [5.41, 5.74) is 5.53. The van der Waals surface area contributed by atoms with E-state index in [1.807, 2.05) is 44.2 Å². The van der Waals surface area contributed by atoms with Gasteiger partial charge in [0.2, 0.25) is 11.8 Å². The third kappa shape index (κ3) is 12.5. The Morgan fingerprint density at radius 2 is 1.50 bits per heavy atom. The van der Waals surface area contributed by atoms with Crippen LogP contribution in [0.15, 0.2) is 30.3 Å². The summed E-state index contributed by atoms with van der Waals surface area (Å²) < 4.78 is 5.32. The first-order valence-electron chi connectivity index (χ1n) is 12.4. The van der Waals surface area contributed by atoms with Crippen molar-refractivity contribution in [3.05, 3.63) is 35.9 Å². The van der Waals surface area contributed by atoms with Gasteiger partial charge in [-0.15, -0.1) is 0 Å². The third-order valence-electron chi connectivity index (χ3n) is 5.19. The molecule has 1 rings (SSSR count). The Kier molecular flexibility index (Phi) is 12.9. The number of carboxylic acids is 1. The molecule has 0 radical (unpaired) electrons. The van der Waals surface area contributed by atoms with Crippen LogP contribution in [0.5, 0.6) is 0 Å². The van der Waals surface area contributed by atoms with Crippen LogP contribution in [0.2, 0.25) is 0 Å². The lowest BCUT2D eigenvalue weighted by atomic mass is 10.0. The molecule has 1 aromatic carbocycles. The van der Waals surface area contributed by atoms with Crippen LogP contribution in [0.3, 0.4) is 0 Å². The Morgan fingerprint density at radius 3 is 2.03 bits per heavy atom. The lowest BCUT2D eigenvalue weighted by Crippen LogP contribution is -2.56. The minimum atomic E-state index is -1.15. The highest BCUT2D eigenvalue weighted by Crippen LogP contribution is 2.11. The molecule has 0 unspecified atom stereocenters. The molecule has 0 aromatic heterocycles. The molecule has 0 aliphatic heterocycles. The van der Waals surface area contributed by atoms with Crippen LogP contribution in [-0.4, -0.2) is 59.3 Å². The molecule has 202 valence electrons. The summed E-state index contributed by atoms with van der Waals surface area (Å²) in [6.07, 6.45) is 1.14. The SMILES string of the molecule is CC(C)C[C@@H](NC(=O)[C@@H](Cc1ccccc1)NC(=O)OC(C)(C)C)C(=O)N[C@H](CCCCN)C(=O)O. The van der Waals surface area contributed by atoms with Gasteiger partial charge in [-0.05, 0) is 64.5 Å². The van der Waals surface area contributed by atoms with Crippen LogP contribution in [0.1, 0.15) is 65.9 Å². The molecule has 0 bridgehead atoms. The summed E-state index contributed by atoms with van der Waals surface area (Å²) in [5, 5.41) is 17.4. The van der Waals surface area contributed by atoms with Gasteiger partial charge in [0, 0.05) is 6.42 Å². The van der Waals surface area contributed by atoms with Gasteiger partial charge in [0.25, 0.3) is 0 Å². The van der Waals surface area contributed by atoms with E-state index in [1.165, 1.54) is 0 Å². The molecule has 0 aliphatic carbocycles. The zero-order valence-corrected chi connectivity index (χ0v) is 22.0. The van der Waals surface area contributed by atoms with Crippen LogP contribution in [0, 0.1) is 5.92 Å². The van der Waals surface area contributed by atoms with Crippen molar-refractivity contribution >= 4 is 23.9 Å². The molecular formula is C26H42N4O6. The third-order valence-corrected chi connectivity index (χ3v) is 5.19. The van der Waals surface area contributed by atoms with Gasteiger partial charge in [0.05, 0.1) is 0 Å². The summed E-state index contributed by atoms with van der Waals surface area (Å²) in [6, 6.07) is 6.07. The Hall–Kier alpha value is -3.14. The number of carbonyl (C=O) groups is 4. The van der Waals surface area contributed by atoms with Gasteiger partial charge in [0.15, 0.2) is 0 Å². The number of unbranched alkanes of at least 4 members (excludes halogenated alkanes) is 1. The molecule has 0 fully saturated rings. The molecule has 0 saturated carbocycles. The number of alkyl carbamates (subject to hydrolysis) is 1. The Bertz CT molecular complexity index is 854. The number of carbonyl (C=O) groups excluding carboxylic acids is 3. The minimum absolute atomic E-state index is 0.0351. The monoisotopic (exact) mass is 506 g/mol. The fraction of sp³-hybridized carbons (Fsp3) is 0.615. The van der Waals surface area contributed by atoms with E-state index in [9.17, 15) is 24.3 Å². The minimum Gasteiger partial charge on any atom is -0.480 e. The van der Waals surface area contributed by atoms with Gasteiger partial charge in [-0.3, -0.25) is 9.59 Å². The largest absolute Gasteiger partial charge is 0.480 e. The lowest BCUT2D eigenvalue weighted by Gasteiger charge is -2.26. The van der Waals surface area contributed by atoms with E-state index in [1.54, 1.807) is 20.8 Å². The average Bonchev–Trinajstić information content (AvgIpc) is 2.76. The van der Waals surface area contributed by atoms with Crippen LogP contribution in [0.4, 0.5) is 4.79 Å². The zero-order chi connectivity index (χ0) is 27.3. The van der Waals surface area contributed by atoms with E-state index in [0.717, 1.165) is 5.56 Å². The Labute approximate surface area is 213 Å². The lowest BCUT2D eigenvalue weighted by molar-refractivity contribution is -0.142. The van der Waals surface area contributed by atoms with Crippen molar-refractivity contribution in [1.82, 2.24) is 16.0 Å². The molecule has 3 atom stereocenters. The number of carboxylic acid groups (broad SMARTS) is 1. The molecule has 0 saturated heterocycles. The van der Waals surface area contributed by atoms with E-state index in [4.69, 9.17) is 10.5 Å². The molecule has 10 heteroatoms. The van der Waals surface area contributed by atoms with Gasteiger partial charge in [-0.25, -0.2) is 9.59 Å². The van der Waals surface area contributed by atoms with E-state index in [2.05, 4.69) is 16.0 Å². The number of hydrogen-bond acceptors (Lipinski definition) is 6. The van der Waals surface area contributed by atoms with Crippen LogP contribution >= 0.6 is 0 Å². The molecule has 3 amide bonds. The number of rotatable bonds is 14. The van der Waals surface area contributed by atoms with Crippen molar-refractivity contribution < 1.29 is 29.0 Å². The quantitative estimate of drug-likeness (QED) is 0.242. The highest BCUT2D eigenvalue weighted by Gasteiger charge is 2.31. The second-order valence-electron chi connectivity index (χ2n) is 10.3. The molecule has 10 nitrogen and oxygen atoms in total. The highest BCUT2D eigenvalue weighted by molar-refractivity contribution is 5.93. The molecule has 0 heterocycles. The maximum absolute atomic E-state index is 13.3. The van der Waals surface area contributed by atoms with Crippen molar-refractivity contribution in [3.63, 3.8) is 0 Å². The average molecular weight is 507 g/mol. The maximum atomic E-state index is 13.3. The number of benzene rings is 1. The summed E-state index contributed by atoms with van der Waals surface area (Å²) in [7, 11) is 0. The standard InChI is InChI=1S/C26H42N4O6/c1-17(2)15-20(22(31)28-19(24(33)34)13-9-10-14-27)29-23(32)21(16-18-11-7-6-8-12-18)30-25(35)36-26(3,4)5/h6-8,11-12,17,19-21H,9-10,13-16,27H2,1-5H3,(H,28,31)(H,29,32)(H,30,35)(H,33,34)/t19-,20-,21-/m1/s1. The number of nitrogens with one attached hydrogen (secondary N) is 3. The van der Waals surface area contributed by atoms with Crippen molar-refractivity contribution in [2.45, 2.75) is 90.4 Å². The van der Waals surface area contributed by atoms with E-state index in [0.29, 0.717) is 19.4 Å². The van der Waals surface area contributed by atoms with E-state index < -0.39 is 47.6 Å². The number of aliphatic carboxylic acids is 1. The topological polar surface area (TPSA) is 160 Å². The van der Waals surface area contributed by atoms with Gasteiger partial charge in [0.1, 0.15) is 23.7 Å². The fourth-order valence-electron chi connectivity index (χ4n) is 3.51. The normalized spacial score (nSPS) is 13.9. The second-order valence-corrected chi connectivity index (χ2v) is 10.3. The van der Waals surface area contributed by atoms with Gasteiger partial charge in [-0.1, -0.05) is 44.2 Å². The van der Waals surface area contributed by atoms with Crippen LogP contribution < -0.4 is 21.7 Å². The Balaban J connectivity index is 3.04. The first kappa shape index (κ1) is 30.9. The van der Waals surface area contributed by atoms with Crippen molar-refractivity contribution in [2.24, 2.45) is 11.7 Å². The van der Waals surface area contributed by atoms with Gasteiger partial charge < -0.3 is 31.5 Å². The van der Waals surface area contributed by atoms with E-state index >= 15 is 0 Å². The number of ether oxygens (including phenoxy) is 1. The summed E-state index contributed by atoms with van der Waals surface area (Å²) in [5.74, 6) is -2.27. The zero-order valence-electron chi connectivity index (χ0n) is 22.0. The second kappa shape index (κ2) is 15.1. The van der Waals surface area contributed by atoms with Crippen molar-refractivity contribution in [1.29, 1.82) is 0 Å². The number of amides is 3. The fourth-order valence-corrected chi connectivity index (χ4v) is 3.51. The summed E-state index contributed by atoms with van der Waals surface area (Å²) in [6.45, 7) is 9.36. The number of nitrogens with two attached hydrogens (primary N) is 1. The highest BCUT2D eigenvalue weighted by atomic mass is 16.6. The Morgan fingerprint density at radius 1 is 0.917 bits per heavy atom. The smallest absolute Gasteiger partial charge is 0.408 e. The molecular weight excluding hydrogens is 464 g/mol. The van der Waals surface area contributed by atoms with Gasteiger partial charge >= 0.3 is 12.1 Å². The molecule has 1 aromatic rings. The predicted octanol–water partition coefficient (Wildman–Crippen LogP) is 2.35. The molecule has 6 N–H and O–H groups in total. The number of hydrogen-bond donors (Lipinski definition) is 5. The maximum Gasteiger partial charge on any atom is 0.408 e. The molecule has 36 heavy (non-hydrogen) atoms. The van der Waals surface area contributed by atoms with E-state index in [-0.39, 0.29) is 25.2 Å². The van der Waals surface area contributed by atoms with Crippen LogP contribution in [0.25, 0.3) is 0 Å². The van der Waals surface area contributed by atoms with Crippen molar-refractivity contribution in [3.8, 4) is 0 Å². The molecule has 0 spiro atoms. The summed E-state index contributed by atoms with van der Waals surface area (Å²) in [4.78, 5) is 50.4. The van der Waals surface area contributed by atoms with Crippen molar-refractivity contribution in [2.75, 3.05) is 6.54 Å². The first-order chi connectivity index (χ1) is 16.8. The predicted molar refractivity (Wildman–Crippen MR) is 137 cm³/mol. The molecule has 0 aliphatic rings. The van der Waals surface area contributed by atoms with Gasteiger partial charge in [-0.2, -0.15) is 0 Å². The first-order valence-corrected chi connectivity index (χ1v) is 12.4.